The second kappa shape index (κ2) is 5.85. The molecular weight excluding hydrogens is 310 g/mol. The Morgan fingerprint density at radius 2 is 1.06 bits per heavy atom. The van der Waals surface area contributed by atoms with Gasteiger partial charge in [-0.3, -0.25) is 0 Å². The normalized spacial score (nSPS) is 21.9. The summed E-state index contributed by atoms with van der Waals surface area (Å²) in [5.74, 6) is 3.59. The molecule has 2 heterocycles. The Kier molecular flexibility index (Phi) is 4.38. The molecule has 2 saturated heterocycles. The monoisotopic (exact) mass is 322 g/mol. The molecule has 0 atom stereocenters. The highest BCUT2D eigenvalue weighted by Gasteiger charge is 2.27. The molecule has 0 saturated carbocycles. The Morgan fingerprint density at radius 3 is 1.39 bits per heavy atom. The van der Waals surface area contributed by atoms with Crippen molar-refractivity contribution in [3.8, 4) is 0 Å². The van der Waals surface area contributed by atoms with Crippen LogP contribution in [0.5, 0.6) is 0 Å². The molecule has 0 nitrogen and oxygen atoms in total. The van der Waals surface area contributed by atoms with Crippen LogP contribution in [0.3, 0.4) is 0 Å². The lowest BCUT2D eigenvalue weighted by molar-refractivity contribution is 0.582. The van der Waals surface area contributed by atoms with E-state index in [1.807, 2.05) is 0 Å². The van der Waals surface area contributed by atoms with E-state index in [0.717, 1.165) is 23.0 Å². The molecule has 1 aromatic carbocycles. The fourth-order valence-electron chi connectivity index (χ4n) is 2.01. The van der Waals surface area contributed by atoms with E-state index in [0.29, 0.717) is 11.1 Å². The van der Waals surface area contributed by atoms with Gasteiger partial charge in [-0.2, -0.15) is 0 Å². The Labute approximate surface area is 122 Å². The van der Waals surface area contributed by atoms with Crippen LogP contribution in [0.4, 0.5) is 8.78 Å². The van der Waals surface area contributed by atoms with Crippen LogP contribution in [0.1, 0.15) is 20.3 Å². The van der Waals surface area contributed by atoms with E-state index in [1.165, 1.54) is 12.1 Å². The third-order valence-corrected chi connectivity index (χ3v) is 9.00. The van der Waals surface area contributed by atoms with E-state index in [9.17, 15) is 8.78 Å². The van der Waals surface area contributed by atoms with Crippen LogP contribution in [0, 0.1) is 11.6 Å². The highest BCUT2D eigenvalue weighted by atomic mass is 32.2. The zero-order valence-corrected chi connectivity index (χ0v) is 12.8. The molecule has 3 rings (SSSR count). The van der Waals surface area contributed by atoms with Crippen molar-refractivity contribution in [2.75, 3.05) is 23.0 Å². The SMILES string of the molecule is Fc1cc(C2SCCS2)c(F)cc1C1SCCS1. The quantitative estimate of drug-likeness (QED) is 0.757. The fourth-order valence-corrected chi connectivity index (χ4v) is 7.78. The van der Waals surface area contributed by atoms with Gasteiger partial charge in [0.05, 0.1) is 9.16 Å². The summed E-state index contributed by atoms with van der Waals surface area (Å²) >= 11 is 6.81. The van der Waals surface area contributed by atoms with E-state index in [1.54, 1.807) is 47.0 Å². The Hall–Kier alpha value is 0.480. The summed E-state index contributed by atoms with van der Waals surface area (Å²) in [4.78, 5) is 0. The summed E-state index contributed by atoms with van der Waals surface area (Å²) in [6.45, 7) is 0. The van der Waals surface area contributed by atoms with Crippen molar-refractivity contribution in [3.63, 3.8) is 0 Å². The first-order valence-electron chi connectivity index (χ1n) is 5.71. The standard InChI is InChI=1S/C12H12F2S4/c13-9-6-8(12-17-3-4-18-12)10(14)5-7(9)11-15-1-2-16-11/h5-6,11-12H,1-4H2. The highest BCUT2D eigenvalue weighted by molar-refractivity contribution is 8.19. The highest BCUT2D eigenvalue weighted by Crippen LogP contribution is 2.49. The molecule has 0 aromatic heterocycles. The average Bonchev–Trinajstić information content (AvgIpc) is 3.02. The molecule has 0 amide bonds. The van der Waals surface area contributed by atoms with Crippen LogP contribution in [0.25, 0.3) is 0 Å². The molecule has 0 unspecified atom stereocenters. The molecular formula is C12H12F2S4. The van der Waals surface area contributed by atoms with Crippen molar-refractivity contribution in [2.24, 2.45) is 0 Å². The van der Waals surface area contributed by atoms with Gasteiger partial charge in [-0.25, -0.2) is 8.78 Å². The maximum atomic E-state index is 14.1. The zero-order chi connectivity index (χ0) is 12.5. The minimum atomic E-state index is -0.244. The lowest BCUT2D eigenvalue weighted by atomic mass is 10.1. The predicted molar refractivity (Wildman–Crippen MR) is 81.7 cm³/mol. The van der Waals surface area contributed by atoms with Gasteiger partial charge in [0, 0.05) is 34.1 Å². The van der Waals surface area contributed by atoms with E-state index in [2.05, 4.69) is 0 Å². The van der Waals surface area contributed by atoms with Crippen molar-refractivity contribution in [1.29, 1.82) is 0 Å². The van der Waals surface area contributed by atoms with Crippen molar-refractivity contribution >= 4 is 47.0 Å². The number of rotatable bonds is 2. The first kappa shape index (κ1) is 13.5. The van der Waals surface area contributed by atoms with E-state index >= 15 is 0 Å². The number of hydrogen-bond donors (Lipinski definition) is 0. The van der Waals surface area contributed by atoms with Crippen molar-refractivity contribution in [1.82, 2.24) is 0 Å². The van der Waals surface area contributed by atoms with E-state index in [4.69, 9.17) is 0 Å². The summed E-state index contributed by atoms with van der Waals surface area (Å²) in [7, 11) is 0. The Bertz CT molecular complexity index is 398. The van der Waals surface area contributed by atoms with Crippen molar-refractivity contribution < 1.29 is 8.78 Å². The maximum Gasteiger partial charge on any atom is 0.128 e. The summed E-state index contributed by atoms with van der Waals surface area (Å²) in [6, 6.07) is 2.83. The third-order valence-electron chi connectivity index (χ3n) is 2.87. The predicted octanol–water partition coefficient (Wildman–Crippen LogP) is 4.92. The summed E-state index contributed by atoms with van der Waals surface area (Å²) in [5, 5.41) is 0. The first-order chi connectivity index (χ1) is 8.75. The number of thioether (sulfide) groups is 4. The summed E-state index contributed by atoms with van der Waals surface area (Å²) in [6.07, 6.45) is 0. The minimum absolute atomic E-state index is 0.0671. The number of hydrogen-bond acceptors (Lipinski definition) is 4. The van der Waals surface area contributed by atoms with Crippen LogP contribution < -0.4 is 0 Å². The summed E-state index contributed by atoms with van der Waals surface area (Å²) < 4.78 is 28.4. The number of halogens is 2. The Morgan fingerprint density at radius 1 is 0.722 bits per heavy atom. The van der Waals surface area contributed by atoms with Gasteiger partial charge < -0.3 is 0 Å². The maximum absolute atomic E-state index is 14.1. The topological polar surface area (TPSA) is 0 Å². The van der Waals surface area contributed by atoms with Gasteiger partial charge in [-0.15, -0.1) is 47.0 Å². The lowest BCUT2D eigenvalue weighted by Crippen LogP contribution is -1.99. The molecule has 98 valence electrons. The van der Waals surface area contributed by atoms with Crippen molar-refractivity contribution in [3.05, 3.63) is 34.9 Å². The molecule has 0 bridgehead atoms. The molecule has 2 aliphatic rings. The first-order valence-corrected chi connectivity index (χ1v) is 9.90. The molecule has 6 heteroatoms. The van der Waals surface area contributed by atoms with Crippen LogP contribution >= 0.6 is 47.0 Å². The summed E-state index contributed by atoms with van der Waals surface area (Å²) in [5.41, 5.74) is 1.05. The van der Waals surface area contributed by atoms with Crippen molar-refractivity contribution in [2.45, 2.75) is 9.16 Å². The third kappa shape index (κ3) is 2.67. The molecule has 1 aromatic rings. The molecule has 2 fully saturated rings. The second-order valence-corrected chi connectivity index (χ2v) is 9.49. The average molecular weight is 322 g/mol. The van der Waals surface area contributed by atoms with Crippen LogP contribution in [-0.4, -0.2) is 23.0 Å². The van der Waals surface area contributed by atoms with Gasteiger partial charge in [-0.1, -0.05) is 0 Å². The molecule has 0 radical (unpaired) electrons. The zero-order valence-electron chi connectivity index (χ0n) is 9.53. The molecule has 0 aliphatic carbocycles. The smallest absolute Gasteiger partial charge is 0.128 e. The van der Waals surface area contributed by atoms with Crippen LogP contribution in [-0.2, 0) is 0 Å². The lowest BCUT2D eigenvalue weighted by Gasteiger charge is -2.14. The number of benzene rings is 1. The van der Waals surface area contributed by atoms with Gasteiger partial charge in [0.25, 0.3) is 0 Å². The largest absolute Gasteiger partial charge is 0.207 e. The van der Waals surface area contributed by atoms with E-state index < -0.39 is 0 Å². The van der Waals surface area contributed by atoms with Crippen LogP contribution in [0.2, 0.25) is 0 Å². The molecule has 0 spiro atoms. The Balaban J connectivity index is 1.91. The van der Waals surface area contributed by atoms with Gasteiger partial charge in [-0.05, 0) is 12.1 Å². The van der Waals surface area contributed by atoms with Gasteiger partial charge in [0.15, 0.2) is 0 Å². The molecule has 2 aliphatic heterocycles. The second-order valence-electron chi connectivity index (χ2n) is 4.04. The van der Waals surface area contributed by atoms with Gasteiger partial charge >= 0.3 is 0 Å². The van der Waals surface area contributed by atoms with Crippen LogP contribution in [0.15, 0.2) is 12.1 Å². The molecule has 0 N–H and O–H groups in total. The fraction of sp³-hybridized carbons (Fsp3) is 0.500. The minimum Gasteiger partial charge on any atom is -0.207 e. The van der Waals surface area contributed by atoms with Gasteiger partial charge in [0.1, 0.15) is 11.6 Å². The van der Waals surface area contributed by atoms with Gasteiger partial charge in [0.2, 0.25) is 0 Å². The van der Waals surface area contributed by atoms with E-state index in [-0.39, 0.29) is 20.8 Å². The molecule has 18 heavy (non-hydrogen) atoms.